The first-order chi connectivity index (χ1) is 12.7. The summed E-state index contributed by atoms with van der Waals surface area (Å²) in [4.78, 5) is 12.6. The Morgan fingerprint density at radius 1 is 1.15 bits per heavy atom. The number of nitrogens with one attached hydrogen (secondary N) is 3. The number of rotatable bonds is 2. The highest BCUT2D eigenvalue weighted by molar-refractivity contribution is 6.04. The van der Waals surface area contributed by atoms with Gasteiger partial charge in [0, 0.05) is 55.4 Å². The van der Waals surface area contributed by atoms with Crippen LogP contribution in [0.3, 0.4) is 0 Å². The molecule has 0 atom stereocenters. The van der Waals surface area contributed by atoms with Crippen LogP contribution < -0.4 is 20.1 Å². The Morgan fingerprint density at radius 3 is 2.81 bits per heavy atom. The van der Waals surface area contributed by atoms with Crippen LogP contribution in [0.4, 0.5) is 5.69 Å². The molecular formula is C19H23ClN4O3. The van der Waals surface area contributed by atoms with Crippen molar-refractivity contribution in [1.82, 2.24) is 15.5 Å². The van der Waals surface area contributed by atoms with Crippen molar-refractivity contribution in [3.05, 3.63) is 35.2 Å². The molecule has 27 heavy (non-hydrogen) atoms. The molecule has 0 radical (unpaired) electrons. The van der Waals surface area contributed by atoms with Crippen LogP contribution in [0.2, 0.25) is 0 Å². The summed E-state index contributed by atoms with van der Waals surface area (Å²) >= 11 is 0. The Labute approximate surface area is 163 Å². The van der Waals surface area contributed by atoms with Gasteiger partial charge in [-0.1, -0.05) is 6.42 Å². The summed E-state index contributed by atoms with van der Waals surface area (Å²) in [5, 5.41) is 13.4. The molecule has 0 bridgehead atoms. The second-order valence-corrected chi connectivity index (χ2v) is 7.25. The van der Waals surface area contributed by atoms with E-state index in [2.05, 4.69) is 20.8 Å². The first kappa shape index (κ1) is 18.1. The number of fused-ring (bicyclic) bond motifs is 2. The number of amides is 1. The third-order valence-corrected chi connectivity index (χ3v) is 5.43. The molecule has 2 aliphatic heterocycles. The molecule has 1 saturated carbocycles. The van der Waals surface area contributed by atoms with Gasteiger partial charge in [-0.2, -0.15) is 5.10 Å². The van der Waals surface area contributed by atoms with Crippen molar-refractivity contribution >= 4 is 24.0 Å². The lowest BCUT2D eigenvalue weighted by Crippen LogP contribution is -2.40. The zero-order valence-corrected chi connectivity index (χ0v) is 15.8. The molecule has 0 unspecified atom stereocenters. The number of aromatic amines is 1. The van der Waals surface area contributed by atoms with E-state index in [1.54, 1.807) is 0 Å². The van der Waals surface area contributed by atoms with Crippen LogP contribution in [-0.2, 0) is 13.0 Å². The van der Waals surface area contributed by atoms with E-state index in [1.807, 2.05) is 18.2 Å². The van der Waals surface area contributed by atoms with Crippen molar-refractivity contribution in [2.24, 2.45) is 0 Å². The lowest BCUT2D eigenvalue weighted by molar-refractivity contribution is -0.105. The van der Waals surface area contributed by atoms with Gasteiger partial charge >= 0.3 is 0 Å². The summed E-state index contributed by atoms with van der Waals surface area (Å²) in [6.07, 6.45) is 6.16. The van der Waals surface area contributed by atoms with Crippen LogP contribution >= 0.6 is 12.4 Å². The lowest BCUT2D eigenvalue weighted by Gasteiger charge is -2.31. The lowest BCUT2D eigenvalue weighted by atomic mass is 9.94. The first-order valence-corrected chi connectivity index (χ1v) is 9.33. The highest BCUT2D eigenvalue weighted by atomic mass is 35.5. The van der Waals surface area contributed by atoms with Crippen LogP contribution in [0.15, 0.2) is 18.2 Å². The fourth-order valence-electron chi connectivity index (χ4n) is 4.07. The van der Waals surface area contributed by atoms with Crippen molar-refractivity contribution in [2.45, 2.75) is 50.9 Å². The molecule has 5 rings (SSSR count). The van der Waals surface area contributed by atoms with Crippen LogP contribution in [0.5, 0.6) is 11.5 Å². The van der Waals surface area contributed by atoms with E-state index in [-0.39, 0.29) is 18.3 Å². The number of carbonyl (C=O) groups excluding carboxylic acids is 1. The van der Waals surface area contributed by atoms with Gasteiger partial charge in [0.25, 0.3) is 11.7 Å². The number of hydrogen-bond donors (Lipinski definition) is 3. The molecule has 1 aliphatic carbocycles. The van der Waals surface area contributed by atoms with Gasteiger partial charge in [0.1, 0.15) is 0 Å². The van der Waals surface area contributed by atoms with Crippen LogP contribution in [0, 0.1) is 0 Å². The fraction of sp³-hybridized carbons (Fsp3) is 0.474. The minimum Gasteiger partial charge on any atom is -0.448 e. The maximum atomic E-state index is 12.6. The molecule has 2 aromatic rings. The Hall–Kier alpha value is -2.25. The van der Waals surface area contributed by atoms with Crippen LogP contribution in [0.25, 0.3) is 0 Å². The topological polar surface area (TPSA) is 88.3 Å². The summed E-state index contributed by atoms with van der Waals surface area (Å²) in [6.45, 7) is 1.57. The summed E-state index contributed by atoms with van der Waals surface area (Å²) < 4.78 is 12.2. The number of anilines is 1. The standard InChI is InChI=1S/C19H22N4O3.ClH/c24-18(17-13-11-20-9-6-14(13)22-23-17)21-12-4-5-15-16(10-12)26-19(25-15)7-2-1-3-8-19;/h4-5,10,20H,1-3,6-9,11H2,(H,21,24)(H,22,23);1H. The smallest absolute Gasteiger partial charge is 0.276 e. The molecule has 1 aromatic carbocycles. The van der Waals surface area contributed by atoms with Crippen LogP contribution in [0.1, 0.15) is 53.8 Å². The number of nitrogens with zero attached hydrogens (tertiary/aromatic N) is 1. The van der Waals surface area contributed by atoms with Crippen LogP contribution in [-0.4, -0.2) is 28.4 Å². The van der Waals surface area contributed by atoms with Crippen molar-refractivity contribution in [3.63, 3.8) is 0 Å². The van der Waals surface area contributed by atoms with E-state index in [0.717, 1.165) is 55.7 Å². The second kappa shape index (κ2) is 7.05. The maximum Gasteiger partial charge on any atom is 0.276 e. The molecule has 3 heterocycles. The van der Waals surface area contributed by atoms with E-state index in [4.69, 9.17) is 9.47 Å². The number of H-pyrrole nitrogens is 1. The highest BCUT2D eigenvalue weighted by Crippen LogP contribution is 2.46. The van der Waals surface area contributed by atoms with E-state index < -0.39 is 5.79 Å². The zero-order chi connectivity index (χ0) is 17.6. The molecule has 7 nitrogen and oxygen atoms in total. The van der Waals surface area contributed by atoms with Crippen molar-refractivity contribution < 1.29 is 14.3 Å². The molecule has 8 heteroatoms. The molecule has 3 N–H and O–H groups in total. The Balaban J connectivity index is 0.00000180. The molecule has 3 aliphatic rings. The summed E-state index contributed by atoms with van der Waals surface area (Å²) in [5.74, 6) is 0.745. The minimum atomic E-state index is -0.504. The maximum absolute atomic E-state index is 12.6. The first-order valence-electron chi connectivity index (χ1n) is 9.33. The Kier molecular flexibility index (Phi) is 4.74. The normalized spacial score (nSPS) is 19.3. The highest BCUT2D eigenvalue weighted by Gasteiger charge is 2.42. The third-order valence-electron chi connectivity index (χ3n) is 5.43. The van der Waals surface area contributed by atoms with E-state index in [9.17, 15) is 4.79 Å². The quantitative estimate of drug-likeness (QED) is 0.733. The van der Waals surface area contributed by atoms with Gasteiger partial charge in [-0.3, -0.25) is 9.89 Å². The monoisotopic (exact) mass is 390 g/mol. The van der Waals surface area contributed by atoms with Gasteiger partial charge in [0.05, 0.1) is 0 Å². The molecular weight excluding hydrogens is 368 g/mol. The van der Waals surface area contributed by atoms with Gasteiger partial charge in [0.15, 0.2) is 17.2 Å². The average Bonchev–Trinajstić information content (AvgIpc) is 3.23. The Morgan fingerprint density at radius 2 is 1.96 bits per heavy atom. The van der Waals surface area contributed by atoms with Gasteiger partial charge in [-0.05, 0) is 25.0 Å². The Bertz CT molecular complexity index is 861. The zero-order valence-electron chi connectivity index (χ0n) is 15.0. The molecule has 1 fully saturated rings. The second-order valence-electron chi connectivity index (χ2n) is 7.25. The largest absolute Gasteiger partial charge is 0.448 e. The number of hydrogen-bond acceptors (Lipinski definition) is 5. The predicted molar refractivity (Wildman–Crippen MR) is 103 cm³/mol. The van der Waals surface area contributed by atoms with Gasteiger partial charge in [-0.15, -0.1) is 12.4 Å². The van der Waals surface area contributed by atoms with Gasteiger partial charge in [0.2, 0.25) is 0 Å². The van der Waals surface area contributed by atoms with Crippen molar-refractivity contribution in [1.29, 1.82) is 0 Å². The van der Waals surface area contributed by atoms with E-state index in [1.165, 1.54) is 6.42 Å². The molecule has 144 valence electrons. The predicted octanol–water partition coefficient (Wildman–Crippen LogP) is 3.16. The van der Waals surface area contributed by atoms with Crippen molar-refractivity contribution in [3.8, 4) is 11.5 Å². The van der Waals surface area contributed by atoms with Gasteiger partial charge in [-0.25, -0.2) is 0 Å². The van der Waals surface area contributed by atoms with E-state index in [0.29, 0.717) is 23.7 Å². The molecule has 1 spiro atoms. The number of carbonyl (C=O) groups is 1. The average molecular weight is 391 g/mol. The summed E-state index contributed by atoms with van der Waals surface area (Å²) in [7, 11) is 0. The van der Waals surface area contributed by atoms with Gasteiger partial charge < -0.3 is 20.1 Å². The third kappa shape index (κ3) is 3.26. The SMILES string of the molecule is Cl.O=C(Nc1ccc2c(c1)OC1(CCCCC1)O2)c1n[nH]c2c1CNCC2. The molecule has 0 saturated heterocycles. The number of halogens is 1. The number of ether oxygens (including phenoxy) is 2. The number of aromatic nitrogens is 2. The summed E-state index contributed by atoms with van der Waals surface area (Å²) in [5.41, 5.74) is 3.13. The molecule has 1 amide bonds. The van der Waals surface area contributed by atoms with E-state index >= 15 is 0 Å². The van der Waals surface area contributed by atoms with Crippen molar-refractivity contribution in [2.75, 3.05) is 11.9 Å². The fourth-order valence-corrected chi connectivity index (χ4v) is 4.07. The number of benzene rings is 1. The minimum absolute atomic E-state index is 0. The summed E-state index contributed by atoms with van der Waals surface area (Å²) in [6, 6.07) is 5.56. The molecule has 1 aromatic heterocycles.